The minimum atomic E-state index is -4.60. The summed E-state index contributed by atoms with van der Waals surface area (Å²) in [6.07, 6.45) is -6.08. The van der Waals surface area contributed by atoms with Gasteiger partial charge in [-0.3, -0.25) is 14.6 Å². The van der Waals surface area contributed by atoms with Crippen molar-refractivity contribution in [1.82, 2.24) is 24.8 Å². The van der Waals surface area contributed by atoms with Gasteiger partial charge in [0.2, 0.25) is 15.9 Å². The van der Waals surface area contributed by atoms with Crippen molar-refractivity contribution in [2.75, 3.05) is 6.54 Å². The lowest BCUT2D eigenvalue weighted by molar-refractivity contribution is -0.124. The summed E-state index contributed by atoms with van der Waals surface area (Å²) < 4.78 is 85.2. The third-order valence-electron chi connectivity index (χ3n) is 5.66. The van der Waals surface area contributed by atoms with Crippen LogP contribution in [-0.4, -0.2) is 52.7 Å². The number of hydrogen-bond acceptors (Lipinski definition) is 8. The highest BCUT2D eigenvalue weighted by molar-refractivity contribution is 7.89. The fourth-order valence-electron chi connectivity index (χ4n) is 3.54. The zero-order valence-corrected chi connectivity index (χ0v) is 22.5. The molecule has 19 heteroatoms. The lowest BCUT2D eigenvalue weighted by Crippen LogP contribution is -2.49. The van der Waals surface area contributed by atoms with Crippen molar-refractivity contribution in [3.05, 3.63) is 66.9 Å². The van der Waals surface area contributed by atoms with E-state index in [0.29, 0.717) is 4.68 Å². The summed E-state index contributed by atoms with van der Waals surface area (Å²) in [5.74, 6) is -2.20. The Morgan fingerprint density at radius 3 is 2.34 bits per heavy atom. The Balaban J connectivity index is 1.62. The minimum Gasteiger partial charge on any atom is -0.507 e. The molecule has 1 saturated carbocycles. The van der Waals surface area contributed by atoms with E-state index < -0.39 is 68.5 Å². The second kappa shape index (κ2) is 11.3. The molecule has 220 valence electrons. The number of phenols is 1. The summed E-state index contributed by atoms with van der Waals surface area (Å²) in [7, 11) is -4.60. The maximum absolute atomic E-state index is 13.1. The SMILES string of the molecule is O=C(NCC(F)F)C1(NS(=O)(=O)c2cc(Oc3c(Cl)cc(-n4nc(C(F)F)c(=O)[nH]c4=O)cc3Cl)ccc2O)CC1. The monoisotopic (exact) mass is 641 g/mol. The Labute approximate surface area is 236 Å². The molecular weight excluding hydrogens is 625 g/mol. The Kier molecular flexibility index (Phi) is 8.35. The summed E-state index contributed by atoms with van der Waals surface area (Å²) in [6, 6.07) is 5.04. The van der Waals surface area contributed by atoms with Crippen LogP contribution in [0, 0.1) is 0 Å². The Hall–Kier alpha value is -3.67. The highest BCUT2D eigenvalue weighted by atomic mass is 35.5. The number of benzene rings is 2. The van der Waals surface area contributed by atoms with Crippen LogP contribution in [0.3, 0.4) is 0 Å². The average Bonchev–Trinajstić information content (AvgIpc) is 3.65. The lowest BCUT2D eigenvalue weighted by atomic mass is 10.3. The van der Waals surface area contributed by atoms with Crippen LogP contribution in [0.25, 0.3) is 5.69 Å². The second-order valence-corrected chi connectivity index (χ2v) is 11.1. The smallest absolute Gasteiger partial charge is 0.349 e. The maximum atomic E-state index is 13.1. The van der Waals surface area contributed by atoms with Crippen molar-refractivity contribution >= 4 is 39.1 Å². The van der Waals surface area contributed by atoms with Gasteiger partial charge in [-0.1, -0.05) is 23.2 Å². The Morgan fingerprint density at radius 2 is 1.78 bits per heavy atom. The quantitative estimate of drug-likeness (QED) is 0.245. The first kappa shape index (κ1) is 30.3. The molecule has 1 heterocycles. The first-order valence-corrected chi connectivity index (χ1v) is 13.5. The number of hydrogen-bond donors (Lipinski definition) is 4. The number of halogens is 6. The number of rotatable bonds is 10. The van der Waals surface area contributed by atoms with Gasteiger partial charge in [0.1, 0.15) is 21.9 Å². The molecule has 0 saturated heterocycles. The number of amides is 1. The number of sulfonamides is 1. The van der Waals surface area contributed by atoms with Crippen molar-refractivity contribution in [1.29, 1.82) is 0 Å². The molecule has 0 unspecified atom stereocenters. The van der Waals surface area contributed by atoms with Crippen LogP contribution in [0.15, 0.2) is 44.8 Å². The van der Waals surface area contributed by atoms with E-state index >= 15 is 0 Å². The summed E-state index contributed by atoms with van der Waals surface area (Å²) in [5, 5.41) is 14.9. The number of ether oxygens (including phenoxy) is 1. The van der Waals surface area contributed by atoms with Crippen LogP contribution in [0.1, 0.15) is 25.0 Å². The molecule has 0 atom stereocenters. The van der Waals surface area contributed by atoms with Crippen molar-refractivity contribution in [3.8, 4) is 22.9 Å². The highest BCUT2D eigenvalue weighted by Gasteiger charge is 2.53. The predicted octanol–water partition coefficient (Wildman–Crippen LogP) is 2.86. The van der Waals surface area contributed by atoms with Crippen LogP contribution in [-0.2, 0) is 14.8 Å². The molecule has 1 fully saturated rings. The molecule has 1 aliphatic rings. The molecule has 4 rings (SSSR count). The van der Waals surface area contributed by atoms with Gasteiger partial charge in [-0.2, -0.15) is 14.5 Å². The average molecular weight is 642 g/mol. The third-order valence-corrected chi connectivity index (χ3v) is 7.79. The summed E-state index contributed by atoms with van der Waals surface area (Å²) in [5.41, 5.74) is -5.68. The number of aromatic hydroxyl groups is 1. The number of carbonyl (C=O) groups is 1. The molecule has 1 aliphatic carbocycles. The molecule has 0 spiro atoms. The van der Waals surface area contributed by atoms with E-state index in [2.05, 4.69) is 9.82 Å². The van der Waals surface area contributed by atoms with Crippen molar-refractivity contribution < 1.29 is 40.6 Å². The van der Waals surface area contributed by atoms with Crippen LogP contribution < -0.4 is 26.0 Å². The molecular formula is C22H17Cl2F4N5O7S. The van der Waals surface area contributed by atoms with E-state index in [0.717, 1.165) is 30.3 Å². The van der Waals surface area contributed by atoms with Crippen molar-refractivity contribution in [3.63, 3.8) is 0 Å². The van der Waals surface area contributed by atoms with E-state index in [1.54, 1.807) is 4.98 Å². The van der Waals surface area contributed by atoms with Crippen molar-refractivity contribution in [2.45, 2.75) is 36.1 Å². The van der Waals surface area contributed by atoms with E-state index in [-0.39, 0.29) is 40.1 Å². The zero-order chi connectivity index (χ0) is 30.3. The van der Waals surface area contributed by atoms with E-state index in [4.69, 9.17) is 27.9 Å². The number of phenolic OH excluding ortho intramolecular Hbond substituents is 1. The van der Waals surface area contributed by atoms with E-state index in [1.807, 2.05) is 5.32 Å². The Bertz CT molecular complexity index is 1720. The normalized spacial score (nSPS) is 14.3. The molecule has 1 amide bonds. The molecule has 2 aromatic carbocycles. The van der Waals surface area contributed by atoms with E-state index in [9.17, 15) is 45.5 Å². The first-order chi connectivity index (χ1) is 19.1. The summed E-state index contributed by atoms with van der Waals surface area (Å²) >= 11 is 12.4. The van der Waals surface area contributed by atoms with Crippen molar-refractivity contribution in [2.24, 2.45) is 0 Å². The van der Waals surface area contributed by atoms with E-state index in [1.165, 1.54) is 0 Å². The molecule has 12 nitrogen and oxygen atoms in total. The largest absolute Gasteiger partial charge is 0.507 e. The zero-order valence-electron chi connectivity index (χ0n) is 20.1. The van der Waals surface area contributed by atoms with Gasteiger partial charge in [-0.15, -0.1) is 0 Å². The lowest BCUT2D eigenvalue weighted by Gasteiger charge is -2.18. The van der Waals surface area contributed by atoms with Crippen LogP contribution in [0.2, 0.25) is 10.0 Å². The maximum Gasteiger partial charge on any atom is 0.349 e. The number of carbonyl (C=O) groups excluding carboxylic acids is 1. The fourth-order valence-corrected chi connectivity index (χ4v) is 5.63. The molecule has 1 aromatic heterocycles. The molecule has 0 radical (unpaired) electrons. The molecule has 0 aliphatic heterocycles. The standard InChI is InChI=1S/C22H17Cl2F4N5O7S/c23-11-5-9(33-21(37)30-19(35)16(31-33)18(27)28)6-12(24)17(11)40-10-1-2-13(34)14(7-10)41(38,39)32-22(3-4-22)20(36)29-8-15(25)26/h1-2,5-7,15,18,32,34H,3-4,8H2,(H,29,36)(H,30,35,37). The first-order valence-electron chi connectivity index (χ1n) is 11.3. The number of alkyl halides is 4. The van der Waals surface area contributed by atoms with Gasteiger partial charge in [-0.25, -0.2) is 30.8 Å². The number of nitrogens with zero attached hydrogens (tertiary/aromatic N) is 2. The minimum absolute atomic E-state index is 0.0296. The highest BCUT2D eigenvalue weighted by Crippen LogP contribution is 2.41. The Morgan fingerprint density at radius 1 is 1.15 bits per heavy atom. The van der Waals surface area contributed by atoms with Gasteiger partial charge in [0, 0.05) is 6.07 Å². The summed E-state index contributed by atoms with van der Waals surface area (Å²) in [4.78, 5) is 36.9. The molecule has 4 N–H and O–H groups in total. The number of aromatic nitrogens is 3. The van der Waals surface area contributed by atoms with Crippen LogP contribution in [0.5, 0.6) is 17.2 Å². The van der Waals surface area contributed by atoms with Gasteiger partial charge in [-0.05, 0) is 37.1 Å². The van der Waals surface area contributed by atoms with Gasteiger partial charge in [0.15, 0.2) is 11.4 Å². The van der Waals surface area contributed by atoms with Gasteiger partial charge in [0.05, 0.1) is 22.3 Å². The van der Waals surface area contributed by atoms with Gasteiger partial charge in [0.25, 0.3) is 18.4 Å². The van der Waals surface area contributed by atoms with Gasteiger partial charge < -0.3 is 15.2 Å². The predicted molar refractivity (Wildman–Crippen MR) is 135 cm³/mol. The number of aromatic amines is 1. The topological polar surface area (TPSA) is 172 Å². The number of H-pyrrole nitrogens is 1. The van der Waals surface area contributed by atoms with Crippen LogP contribution >= 0.6 is 23.2 Å². The fraction of sp³-hybridized carbons (Fsp3) is 0.273. The number of nitrogens with one attached hydrogen (secondary N) is 3. The third kappa shape index (κ3) is 6.47. The van der Waals surface area contributed by atoms with Gasteiger partial charge >= 0.3 is 5.69 Å². The molecule has 0 bridgehead atoms. The molecule has 3 aromatic rings. The second-order valence-electron chi connectivity index (χ2n) is 8.62. The molecule has 41 heavy (non-hydrogen) atoms. The summed E-state index contributed by atoms with van der Waals surface area (Å²) in [6.45, 7) is -0.975. The van der Waals surface area contributed by atoms with Crippen LogP contribution in [0.4, 0.5) is 17.6 Å².